The molecule has 2 heterocycles. The average Bonchev–Trinajstić information content (AvgIpc) is 2.79. The molecule has 3 rings (SSSR count). The van der Waals surface area contributed by atoms with E-state index < -0.39 is 35.6 Å². The van der Waals surface area contributed by atoms with Crippen molar-refractivity contribution in [2.45, 2.75) is 63.8 Å². The van der Waals surface area contributed by atoms with Gasteiger partial charge in [-0.15, -0.1) is 0 Å². The highest BCUT2D eigenvalue weighted by Gasteiger charge is 2.62. The molecular weight excluding hydrogens is 362 g/mol. The number of esters is 1. The molecule has 5 atom stereocenters. The van der Waals surface area contributed by atoms with E-state index in [9.17, 15) is 24.6 Å². The van der Waals surface area contributed by atoms with Gasteiger partial charge in [0.25, 0.3) is 0 Å². The third-order valence-electron chi connectivity index (χ3n) is 6.08. The van der Waals surface area contributed by atoms with Gasteiger partial charge < -0.3 is 14.9 Å². The number of amides is 1. The summed E-state index contributed by atoms with van der Waals surface area (Å²) in [7, 11) is 1.73. The normalized spacial score (nSPS) is 32.0. The van der Waals surface area contributed by atoms with Gasteiger partial charge in [0.2, 0.25) is 0 Å². The Morgan fingerprint density at radius 3 is 2.29 bits per heavy atom. The molecule has 1 amide bonds. The summed E-state index contributed by atoms with van der Waals surface area (Å²) in [5.41, 5.74) is -0.287. The van der Waals surface area contributed by atoms with Gasteiger partial charge in [0.1, 0.15) is 17.6 Å². The molecule has 2 aliphatic heterocycles. The molecule has 0 saturated carbocycles. The number of rotatable bonds is 3. The van der Waals surface area contributed by atoms with Gasteiger partial charge in [0.05, 0.1) is 30.3 Å². The van der Waals surface area contributed by atoms with E-state index in [4.69, 9.17) is 4.74 Å². The molecule has 1 aromatic rings. The van der Waals surface area contributed by atoms with Gasteiger partial charge in [-0.25, -0.2) is 9.59 Å². The fourth-order valence-corrected chi connectivity index (χ4v) is 4.79. The van der Waals surface area contributed by atoms with E-state index in [2.05, 4.69) is 0 Å². The lowest BCUT2D eigenvalue weighted by Gasteiger charge is -2.46. The van der Waals surface area contributed by atoms with E-state index in [1.165, 1.54) is 0 Å². The highest BCUT2D eigenvalue weighted by molar-refractivity contribution is 6.03. The number of ether oxygens (including phenoxy) is 1. The van der Waals surface area contributed by atoms with Crippen molar-refractivity contribution in [3.8, 4) is 0 Å². The maximum absolute atomic E-state index is 13.6. The van der Waals surface area contributed by atoms with Crippen molar-refractivity contribution in [3.63, 3.8) is 0 Å². The number of hydrogen-bond acceptors (Lipinski definition) is 5. The van der Waals surface area contributed by atoms with Crippen LogP contribution >= 0.6 is 0 Å². The Morgan fingerprint density at radius 2 is 1.71 bits per heavy atom. The van der Waals surface area contributed by atoms with Crippen molar-refractivity contribution >= 4 is 17.8 Å². The number of benzene rings is 1. The Morgan fingerprint density at radius 1 is 1.11 bits per heavy atom. The van der Waals surface area contributed by atoms with Gasteiger partial charge in [0, 0.05) is 19.3 Å². The number of carbonyl (C=O) groups excluding carboxylic acids is 2. The number of quaternary nitrogens is 1. The van der Waals surface area contributed by atoms with Crippen LogP contribution in [-0.2, 0) is 9.53 Å². The fourth-order valence-electron chi connectivity index (χ4n) is 4.79. The van der Waals surface area contributed by atoms with Crippen molar-refractivity contribution in [1.82, 2.24) is 0 Å². The molecule has 2 N–H and O–H groups in total. The van der Waals surface area contributed by atoms with Gasteiger partial charge in [-0.05, 0) is 32.9 Å². The van der Waals surface area contributed by atoms with E-state index in [-0.39, 0.29) is 34.0 Å². The highest BCUT2D eigenvalue weighted by atomic mass is 16.6. The first kappa shape index (κ1) is 20.5. The topological polar surface area (TPSA) is 101 Å². The minimum absolute atomic E-state index is 0.103. The standard InChI is InChI=1S/C21H27NO6/c1-21(2,3)28-20(27)14-8-6-5-7-13(14)18(24)22(4)12-9-10-15(22)17(19(25)26)16(23)11-12/h5-8,12,15-17,23H,9-11H2,1-4H3/p+1/t12-,15+,16-,17+,22?/m0/s1. The van der Waals surface area contributed by atoms with Gasteiger partial charge in [-0.3, -0.25) is 9.28 Å². The summed E-state index contributed by atoms with van der Waals surface area (Å²) in [4.78, 5) is 38.1. The highest BCUT2D eigenvalue weighted by Crippen LogP contribution is 2.45. The van der Waals surface area contributed by atoms with Crippen LogP contribution in [0.4, 0.5) is 0 Å². The Labute approximate surface area is 164 Å². The summed E-state index contributed by atoms with van der Waals surface area (Å²) in [6, 6.07) is 5.81. The van der Waals surface area contributed by atoms with Crippen molar-refractivity contribution in [3.05, 3.63) is 35.4 Å². The summed E-state index contributed by atoms with van der Waals surface area (Å²) in [6.07, 6.45) is 0.512. The zero-order valence-electron chi connectivity index (χ0n) is 16.7. The predicted octanol–water partition coefficient (Wildman–Crippen LogP) is 2.23. The van der Waals surface area contributed by atoms with Crippen molar-refractivity contribution in [2.24, 2.45) is 5.92 Å². The van der Waals surface area contributed by atoms with Crippen LogP contribution in [0.5, 0.6) is 0 Å². The molecule has 152 valence electrons. The first-order valence-electron chi connectivity index (χ1n) is 9.61. The Hall–Kier alpha value is -2.25. The SMILES string of the molecule is CC(C)(C)OC(=O)c1ccccc1C(=O)[N+]1(C)[C@H]2CC[C@@H]1[C@@H](C(=O)O)[C@@H](O)C2. The maximum atomic E-state index is 13.6. The van der Waals surface area contributed by atoms with Crippen LogP contribution in [-0.4, -0.2) is 63.4 Å². The Balaban J connectivity index is 2.01. The molecule has 1 unspecified atom stereocenters. The number of piperidine rings is 1. The molecule has 2 fully saturated rings. The molecule has 2 saturated heterocycles. The lowest BCUT2D eigenvalue weighted by atomic mass is 9.84. The van der Waals surface area contributed by atoms with Gasteiger partial charge >= 0.3 is 17.8 Å². The van der Waals surface area contributed by atoms with E-state index in [0.29, 0.717) is 12.8 Å². The second-order valence-corrected chi connectivity index (χ2v) is 8.97. The number of aliphatic hydroxyl groups excluding tert-OH is 1. The number of carbonyl (C=O) groups is 3. The zero-order chi connectivity index (χ0) is 20.9. The molecule has 0 aliphatic carbocycles. The molecule has 2 aliphatic rings. The second kappa shape index (κ2) is 6.97. The summed E-state index contributed by atoms with van der Waals surface area (Å²) >= 11 is 0. The van der Waals surface area contributed by atoms with E-state index in [1.54, 1.807) is 52.1 Å². The quantitative estimate of drug-likeness (QED) is 0.606. The third kappa shape index (κ3) is 3.33. The van der Waals surface area contributed by atoms with E-state index >= 15 is 0 Å². The van der Waals surface area contributed by atoms with E-state index in [0.717, 1.165) is 0 Å². The van der Waals surface area contributed by atoms with Gasteiger partial charge in [-0.1, -0.05) is 12.1 Å². The van der Waals surface area contributed by atoms with Crippen LogP contribution < -0.4 is 0 Å². The minimum Gasteiger partial charge on any atom is -0.481 e. The first-order valence-corrected chi connectivity index (χ1v) is 9.61. The number of aliphatic carboxylic acids is 1. The zero-order valence-corrected chi connectivity index (χ0v) is 16.7. The van der Waals surface area contributed by atoms with Crippen LogP contribution in [0.15, 0.2) is 24.3 Å². The number of hydrogen-bond donors (Lipinski definition) is 2. The fraction of sp³-hybridized carbons (Fsp3) is 0.571. The molecule has 7 nitrogen and oxygen atoms in total. The number of aliphatic hydroxyl groups is 1. The van der Waals surface area contributed by atoms with Crippen LogP contribution in [0, 0.1) is 5.92 Å². The predicted molar refractivity (Wildman–Crippen MR) is 101 cm³/mol. The van der Waals surface area contributed by atoms with Crippen molar-refractivity contribution in [1.29, 1.82) is 0 Å². The molecule has 0 spiro atoms. The molecule has 28 heavy (non-hydrogen) atoms. The van der Waals surface area contributed by atoms with E-state index in [1.807, 2.05) is 0 Å². The molecule has 7 heteroatoms. The maximum Gasteiger partial charge on any atom is 0.347 e. The van der Waals surface area contributed by atoms with Gasteiger partial charge in [-0.2, -0.15) is 0 Å². The molecule has 2 bridgehead atoms. The van der Waals surface area contributed by atoms with Crippen LogP contribution in [0.1, 0.15) is 60.7 Å². The minimum atomic E-state index is -1.09. The summed E-state index contributed by atoms with van der Waals surface area (Å²) in [5.74, 6) is -2.97. The molecule has 0 radical (unpaired) electrons. The lowest BCUT2D eigenvalue weighted by Crippen LogP contribution is -2.66. The third-order valence-corrected chi connectivity index (χ3v) is 6.08. The second-order valence-electron chi connectivity index (χ2n) is 8.97. The number of carboxylic acid groups (broad SMARTS) is 1. The number of nitrogens with zero attached hydrogens (tertiary/aromatic N) is 1. The Bertz CT molecular complexity index is 813. The molecule has 0 aromatic heterocycles. The molecule has 1 aromatic carbocycles. The van der Waals surface area contributed by atoms with Crippen LogP contribution in [0.3, 0.4) is 0 Å². The smallest absolute Gasteiger partial charge is 0.347 e. The number of carboxylic acids is 1. The number of fused-ring (bicyclic) bond motifs is 2. The largest absolute Gasteiger partial charge is 0.481 e. The van der Waals surface area contributed by atoms with Crippen LogP contribution in [0.2, 0.25) is 0 Å². The van der Waals surface area contributed by atoms with Crippen molar-refractivity contribution in [2.75, 3.05) is 7.05 Å². The van der Waals surface area contributed by atoms with Crippen LogP contribution in [0.25, 0.3) is 0 Å². The van der Waals surface area contributed by atoms with Crippen molar-refractivity contribution < 1.29 is 33.8 Å². The monoisotopic (exact) mass is 390 g/mol. The summed E-state index contributed by atoms with van der Waals surface area (Å²) < 4.78 is 5.35. The molecular formula is C21H28NO6+. The first-order chi connectivity index (χ1) is 13.0. The Kier molecular flexibility index (Phi) is 5.10. The summed E-state index contributed by atoms with van der Waals surface area (Å²) in [5, 5.41) is 19.9. The lowest BCUT2D eigenvalue weighted by molar-refractivity contribution is -0.876. The van der Waals surface area contributed by atoms with Gasteiger partial charge in [0.15, 0.2) is 0 Å². The average molecular weight is 390 g/mol. The summed E-state index contributed by atoms with van der Waals surface area (Å²) in [6.45, 7) is 5.27.